The molecule has 116 valence electrons. The van der Waals surface area contributed by atoms with Gasteiger partial charge in [-0.05, 0) is 36.9 Å². The van der Waals surface area contributed by atoms with Crippen molar-refractivity contribution in [3.63, 3.8) is 0 Å². The fraction of sp³-hybridized carbons (Fsp3) is 0.533. The van der Waals surface area contributed by atoms with Crippen molar-refractivity contribution in [2.24, 2.45) is 5.92 Å². The molecule has 0 aliphatic carbocycles. The highest BCUT2D eigenvalue weighted by molar-refractivity contribution is 5.67. The van der Waals surface area contributed by atoms with Crippen molar-refractivity contribution in [1.82, 2.24) is 4.90 Å². The van der Waals surface area contributed by atoms with Gasteiger partial charge in [0.2, 0.25) is 0 Å². The number of alkyl halides is 3. The first kappa shape index (κ1) is 15.8. The van der Waals surface area contributed by atoms with Crippen LogP contribution < -0.4 is 0 Å². The Hall–Kier alpha value is -1.56. The van der Waals surface area contributed by atoms with Gasteiger partial charge in [-0.25, -0.2) is 0 Å². The summed E-state index contributed by atoms with van der Waals surface area (Å²) in [5.74, 6) is -0.827. The average Bonchev–Trinajstić information content (AvgIpc) is 2.37. The normalized spacial score (nSPS) is 20.4. The number of hydrogen-bond acceptors (Lipinski definition) is 2. The SMILES string of the molecule is O=C(O)CC1CCCN(Cc2ccccc2C(F)(F)F)C1. The minimum atomic E-state index is -4.35. The summed E-state index contributed by atoms with van der Waals surface area (Å²) in [6.07, 6.45) is -2.62. The molecule has 1 aromatic rings. The number of benzene rings is 1. The molecule has 21 heavy (non-hydrogen) atoms. The molecule has 0 amide bonds. The zero-order valence-corrected chi connectivity index (χ0v) is 11.6. The highest BCUT2D eigenvalue weighted by Crippen LogP contribution is 2.33. The molecule has 1 saturated heterocycles. The maximum Gasteiger partial charge on any atom is 0.416 e. The lowest BCUT2D eigenvalue weighted by atomic mass is 9.94. The van der Waals surface area contributed by atoms with Gasteiger partial charge in [0.1, 0.15) is 0 Å². The van der Waals surface area contributed by atoms with E-state index in [1.807, 2.05) is 4.90 Å². The van der Waals surface area contributed by atoms with E-state index in [0.29, 0.717) is 13.1 Å². The summed E-state index contributed by atoms with van der Waals surface area (Å²) in [6.45, 7) is 1.46. The fourth-order valence-electron chi connectivity index (χ4n) is 2.88. The van der Waals surface area contributed by atoms with Crippen molar-refractivity contribution < 1.29 is 23.1 Å². The molecule has 1 N–H and O–H groups in total. The third kappa shape index (κ3) is 4.46. The lowest BCUT2D eigenvalue weighted by Crippen LogP contribution is -2.36. The summed E-state index contributed by atoms with van der Waals surface area (Å²) in [5, 5.41) is 8.83. The molecule has 1 aromatic carbocycles. The quantitative estimate of drug-likeness (QED) is 0.926. The number of carboxylic acid groups (broad SMARTS) is 1. The number of carbonyl (C=O) groups is 1. The minimum Gasteiger partial charge on any atom is -0.481 e. The molecule has 0 spiro atoms. The molecular formula is C15H18F3NO2. The lowest BCUT2D eigenvalue weighted by molar-refractivity contribution is -0.138. The third-order valence-electron chi connectivity index (χ3n) is 3.78. The maximum atomic E-state index is 13.0. The van der Waals surface area contributed by atoms with Gasteiger partial charge >= 0.3 is 12.1 Å². The Kier molecular flexibility index (Phi) is 4.88. The Morgan fingerprint density at radius 3 is 2.71 bits per heavy atom. The highest BCUT2D eigenvalue weighted by atomic mass is 19.4. The van der Waals surface area contributed by atoms with Crippen molar-refractivity contribution in [3.8, 4) is 0 Å². The molecule has 1 atom stereocenters. The zero-order chi connectivity index (χ0) is 15.5. The summed E-state index contributed by atoms with van der Waals surface area (Å²) in [4.78, 5) is 12.7. The molecule has 1 fully saturated rings. The van der Waals surface area contributed by atoms with E-state index in [1.165, 1.54) is 12.1 Å². The van der Waals surface area contributed by atoms with Gasteiger partial charge < -0.3 is 5.11 Å². The van der Waals surface area contributed by atoms with Crippen LogP contribution in [0, 0.1) is 5.92 Å². The van der Waals surface area contributed by atoms with E-state index in [2.05, 4.69) is 0 Å². The van der Waals surface area contributed by atoms with E-state index in [0.717, 1.165) is 18.9 Å². The molecule has 1 aliphatic rings. The minimum absolute atomic E-state index is 0.0225. The lowest BCUT2D eigenvalue weighted by Gasteiger charge is -2.32. The van der Waals surface area contributed by atoms with Crippen LogP contribution in [0.1, 0.15) is 30.4 Å². The molecule has 1 aliphatic heterocycles. The Balaban J connectivity index is 2.06. The number of hydrogen-bond donors (Lipinski definition) is 1. The van der Waals surface area contributed by atoms with Crippen molar-refractivity contribution in [3.05, 3.63) is 35.4 Å². The van der Waals surface area contributed by atoms with E-state index in [4.69, 9.17) is 5.11 Å². The number of piperidine rings is 1. The van der Waals surface area contributed by atoms with E-state index in [1.54, 1.807) is 6.07 Å². The van der Waals surface area contributed by atoms with Crippen LogP contribution in [0.15, 0.2) is 24.3 Å². The highest BCUT2D eigenvalue weighted by Gasteiger charge is 2.33. The third-order valence-corrected chi connectivity index (χ3v) is 3.78. The topological polar surface area (TPSA) is 40.5 Å². The number of halogens is 3. The van der Waals surface area contributed by atoms with Crippen LogP contribution >= 0.6 is 0 Å². The Bertz CT molecular complexity index is 502. The van der Waals surface area contributed by atoms with E-state index in [-0.39, 0.29) is 24.4 Å². The summed E-state index contributed by atoms with van der Waals surface area (Å²) >= 11 is 0. The van der Waals surface area contributed by atoms with Crippen LogP contribution in [0.4, 0.5) is 13.2 Å². The van der Waals surface area contributed by atoms with Crippen LogP contribution in [0.2, 0.25) is 0 Å². The Morgan fingerprint density at radius 1 is 1.33 bits per heavy atom. The smallest absolute Gasteiger partial charge is 0.416 e. The number of carboxylic acids is 1. The summed E-state index contributed by atoms with van der Waals surface area (Å²) in [5.41, 5.74) is -0.355. The molecular weight excluding hydrogens is 283 g/mol. The van der Waals surface area contributed by atoms with Gasteiger partial charge in [-0.3, -0.25) is 9.69 Å². The Labute approximate surface area is 121 Å². The molecule has 0 saturated carbocycles. The van der Waals surface area contributed by atoms with Gasteiger partial charge in [-0.15, -0.1) is 0 Å². The van der Waals surface area contributed by atoms with Crippen LogP contribution in [0.3, 0.4) is 0 Å². The van der Waals surface area contributed by atoms with Gasteiger partial charge in [0.15, 0.2) is 0 Å². The Morgan fingerprint density at radius 2 is 2.05 bits per heavy atom. The number of likely N-dealkylation sites (tertiary alicyclic amines) is 1. The first-order valence-corrected chi connectivity index (χ1v) is 6.95. The standard InChI is InChI=1S/C15H18F3NO2/c16-15(17,18)13-6-2-1-5-12(13)10-19-7-3-4-11(9-19)8-14(20)21/h1-2,5-6,11H,3-4,7-10H2,(H,20,21). The van der Waals surface area contributed by atoms with Gasteiger partial charge in [-0.1, -0.05) is 18.2 Å². The first-order valence-electron chi connectivity index (χ1n) is 6.95. The summed E-state index contributed by atoms with van der Waals surface area (Å²) in [7, 11) is 0. The van der Waals surface area contributed by atoms with Crippen molar-refractivity contribution >= 4 is 5.97 Å². The molecule has 2 rings (SSSR count). The monoisotopic (exact) mass is 301 g/mol. The number of aliphatic carboxylic acids is 1. The molecule has 0 bridgehead atoms. The van der Waals surface area contributed by atoms with Crippen LogP contribution in [-0.2, 0) is 17.5 Å². The van der Waals surface area contributed by atoms with Crippen LogP contribution in [0.5, 0.6) is 0 Å². The van der Waals surface area contributed by atoms with E-state index < -0.39 is 17.7 Å². The van der Waals surface area contributed by atoms with E-state index in [9.17, 15) is 18.0 Å². The molecule has 0 radical (unpaired) electrons. The van der Waals surface area contributed by atoms with Gasteiger partial charge in [0.05, 0.1) is 5.56 Å². The van der Waals surface area contributed by atoms with Gasteiger partial charge in [-0.2, -0.15) is 13.2 Å². The second-order valence-corrected chi connectivity index (χ2v) is 5.50. The van der Waals surface area contributed by atoms with Crippen LogP contribution in [0.25, 0.3) is 0 Å². The number of rotatable bonds is 4. The van der Waals surface area contributed by atoms with Crippen molar-refractivity contribution in [2.45, 2.75) is 32.0 Å². The summed E-state index contributed by atoms with van der Waals surface area (Å²) < 4.78 is 38.9. The van der Waals surface area contributed by atoms with Gasteiger partial charge in [0.25, 0.3) is 0 Å². The zero-order valence-electron chi connectivity index (χ0n) is 11.6. The van der Waals surface area contributed by atoms with Crippen molar-refractivity contribution in [1.29, 1.82) is 0 Å². The fourth-order valence-corrected chi connectivity index (χ4v) is 2.88. The van der Waals surface area contributed by atoms with Crippen molar-refractivity contribution in [2.75, 3.05) is 13.1 Å². The second kappa shape index (κ2) is 6.47. The summed E-state index contributed by atoms with van der Waals surface area (Å²) in [6, 6.07) is 5.57. The second-order valence-electron chi connectivity index (χ2n) is 5.50. The van der Waals surface area contributed by atoms with Gasteiger partial charge in [0, 0.05) is 19.5 Å². The number of nitrogens with zero attached hydrogens (tertiary/aromatic N) is 1. The average molecular weight is 301 g/mol. The molecule has 1 unspecified atom stereocenters. The maximum absolute atomic E-state index is 13.0. The molecule has 6 heteroatoms. The predicted octanol–water partition coefficient (Wildman–Crippen LogP) is 3.39. The van der Waals surface area contributed by atoms with E-state index >= 15 is 0 Å². The molecule has 0 aromatic heterocycles. The molecule has 3 nitrogen and oxygen atoms in total. The van der Waals surface area contributed by atoms with Crippen LogP contribution in [-0.4, -0.2) is 29.1 Å². The largest absolute Gasteiger partial charge is 0.481 e. The predicted molar refractivity (Wildman–Crippen MR) is 71.7 cm³/mol. The molecule has 1 heterocycles. The first-order chi connectivity index (χ1) is 9.86.